The van der Waals surface area contributed by atoms with E-state index in [1.54, 1.807) is 0 Å². The molecule has 0 aliphatic heterocycles. The average Bonchev–Trinajstić information content (AvgIpc) is 2.87. The summed E-state index contributed by atoms with van der Waals surface area (Å²) in [4.78, 5) is 0. The number of ether oxygens (including phenoxy) is 2. The Morgan fingerprint density at radius 2 is 0.594 bits per heavy atom. The van der Waals surface area contributed by atoms with Gasteiger partial charge < -0.3 is 9.47 Å². The van der Waals surface area contributed by atoms with Crippen LogP contribution < -0.4 is 9.47 Å². The molecular weight excluding hydrogens is 392 g/mol. The first-order valence-electron chi connectivity index (χ1n) is 11.4. The lowest BCUT2D eigenvalue weighted by molar-refractivity contribution is 0.317. The molecule has 2 heteroatoms. The Kier molecular flexibility index (Phi) is 7.24. The Bertz CT molecular complexity index is 1000. The molecular formula is C30H30O2. The smallest absolute Gasteiger partial charge is 0.119 e. The van der Waals surface area contributed by atoms with Crippen molar-refractivity contribution in [2.24, 2.45) is 0 Å². The molecule has 4 rings (SSSR count). The first-order chi connectivity index (χ1) is 15.8. The number of hydrogen-bond donors (Lipinski definition) is 0. The lowest BCUT2D eigenvalue weighted by Gasteiger charge is -2.09. The van der Waals surface area contributed by atoms with E-state index in [2.05, 4.69) is 86.6 Å². The maximum atomic E-state index is 5.68. The van der Waals surface area contributed by atoms with Crippen LogP contribution in [-0.2, 0) is 0 Å². The SMILES string of the molecule is CCCOc1ccc(-c2ccc(-c3ccc(-c4ccc(OCCC)cc4)cc3)cc2)cc1. The maximum absolute atomic E-state index is 5.68. The van der Waals surface area contributed by atoms with Crippen LogP contribution in [0.25, 0.3) is 33.4 Å². The first-order valence-corrected chi connectivity index (χ1v) is 11.4. The summed E-state index contributed by atoms with van der Waals surface area (Å²) in [6.07, 6.45) is 2.04. The molecule has 0 atom stereocenters. The van der Waals surface area contributed by atoms with Gasteiger partial charge in [0.05, 0.1) is 13.2 Å². The van der Waals surface area contributed by atoms with Gasteiger partial charge in [-0.3, -0.25) is 0 Å². The monoisotopic (exact) mass is 422 g/mol. The van der Waals surface area contributed by atoms with Crippen LogP contribution in [0.15, 0.2) is 97.1 Å². The Labute approximate surface area is 191 Å². The van der Waals surface area contributed by atoms with Crippen LogP contribution in [0, 0.1) is 0 Å². The zero-order valence-corrected chi connectivity index (χ0v) is 18.9. The highest BCUT2D eigenvalue weighted by atomic mass is 16.5. The van der Waals surface area contributed by atoms with Crippen molar-refractivity contribution in [2.75, 3.05) is 13.2 Å². The number of rotatable bonds is 9. The average molecular weight is 423 g/mol. The molecule has 0 amide bonds. The van der Waals surface area contributed by atoms with Crippen molar-refractivity contribution < 1.29 is 9.47 Å². The molecule has 0 saturated heterocycles. The summed E-state index contributed by atoms with van der Waals surface area (Å²) in [5.74, 6) is 1.85. The van der Waals surface area contributed by atoms with Gasteiger partial charge in [0.2, 0.25) is 0 Å². The van der Waals surface area contributed by atoms with E-state index in [1.807, 2.05) is 24.3 Å². The van der Waals surface area contributed by atoms with Crippen LogP contribution in [0.1, 0.15) is 26.7 Å². The van der Waals surface area contributed by atoms with Crippen molar-refractivity contribution in [3.05, 3.63) is 97.1 Å². The summed E-state index contributed by atoms with van der Waals surface area (Å²) in [6.45, 7) is 5.74. The molecule has 0 heterocycles. The molecule has 0 fully saturated rings. The molecule has 0 bridgehead atoms. The van der Waals surface area contributed by atoms with E-state index in [4.69, 9.17) is 9.47 Å². The largest absolute Gasteiger partial charge is 0.494 e. The van der Waals surface area contributed by atoms with Gasteiger partial charge >= 0.3 is 0 Å². The van der Waals surface area contributed by atoms with Crippen molar-refractivity contribution in [1.82, 2.24) is 0 Å². The number of benzene rings is 4. The molecule has 0 saturated carbocycles. The van der Waals surface area contributed by atoms with E-state index >= 15 is 0 Å². The van der Waals surface area contributed by atoms with Crippen LogP contribution in [-0.4, -0.2) is 13.2 Å². The Morgan fingerprint density at radius 3 is 0.812 bits per heavy atom. The lowest BCUT2D eigenvalue weighted by atomic mass is 9.98. The van der Waals surface area contributed by atoms with E-state index in [0.29, 0.717) is 0 Å². The summed E-state index contributed by atoms with van der Waals surface area (Å²) < 4.78 is 11.4. The molecule has 162 valence electrons. The normalized spacial score (nSPS) is 10.7. The highest BCUT2D eigenvalue weighted by Gasteiger charge is 2.04. The quantitative estimate of drug-likeness (QED) is 0.270. The maximum Gasteiger partial charge on any atom is 0.119 e. The molecule has 0 spiro atoms. The molecule has 4 aromatic carbocycles. The summed E-state index contributed by atoms with van der Waals surface area (Å²) in [5.41, 5.74) is 7.23. The Balaban J connectivity index is 1.44. The molecule has 0 radical (unpaired) electrons. The fraction of sp³-hybridized carbons (Fsp3) is 0.200. The van der Waals surface area contributed by atoms with Gasteiger partial charge in [0.25, 0.3) is 0 Å². The van der Waals surface area contributed by atoms with Crippen molar-refractivity contribution in [3.8, 4) is 44.9 Å². The van der Waals surface area contributed by atoms with Gasteiger partial charge in [-0.1, -0.05) is 86.6 Å². The van der Waals surface area contributed by atoms with E-state index in [1.165, 1.54) is 33.4 Å². The molecule has 0 aliphatic rings. The predicted molar refractivity (Wildman–Crippen MR) is 134 cm³/mol. The second-order valence-corrected chi connectivity index (χ2v) is 7.90. The molecule has 32 heavy (non-hydrogen) atoms. The van der Waals surface area contributed by atoms with E-state index in [0.717, 1.165) is 37.6 Å². The van der Waals surface area contributed by atoms with Gasteiger partial charge in [-0.15, -0.1) is 0 Å². The van der Waals surface area contributed by atoms with Crippen LogP contribution in [0.5, 0.6) is 11.5 Å². The topological polar surface area (TPSA) is 18.5 Å². The van der Waals surface area contributed by atoms with Crippen molar-refractivity contribution in [1.29, 1.82) is 0 Å². The summed E-state index contributed by atoms with van der Waals surface area (Å²) in [7, 11) is 0. The van der Waals surface area contributed by atoms with Crippen LogP contribution in [0.3, 0.4) is 0 Å². The minimum atomic E-state index is 0.755. The zero-order chi connectivity index (χ0) is 22.2. The summed E-state index contributed by atoms with van der Waals surface area (Å²) >= 11 is 0. The van der Waals surface area contributed by atoms with Crippen LogP contribution in [0.4, 0.5) is 0 Å². The van der Waals surface area contributed by atoms with Gasteiger partial charge in [-0.2, -0.15) is 0 Å². The third kappa shape index (κ3) is 5.39. The van der Waals surface area contributed by atoms with Crippen molar-refractivity contribution in [3.63, 3.8) is 0 Å². The fourth-order valence-corrected chi connectivity index (χ4v) is 3.64. The van der Waals surface area contributed by atoms with Gasteiger partial charge in [0, 0.05) is 0 Å². The standard InChI is InChI=1S/C30H30O2/c1-3-21-31-29-17-13-27(14-18-29)25-9-5-23(6-10-25)24-7-11-26(12-8-24)28-15-19-30(20-16-28)32-22-4-2/h5-20H,3-4,21-22H2,1-2H3. The third-order valence-electron chi connectivity index (χ3n) is 5.42. The third-order valence-corrected chi connectivity index (χ3v) is 5.42. The highest BCUT2D eigenvalue weighted by molar-refractivity contribution is 5.73. The summed E-state index contributed by atoms with van der Waals surface area (Å²) in [6, 6.07) is 34.1. The van der Waals surface area contributed by atoms with E-state index in [9.17, 15) is 0 Å². The molecule has 0 N–H and O–H groups in total. The van der Waals surface area contributed by atoms with Crippen molar-refractivity contribution in [2.45, 2.75) is 26.7 Å². The first kappa shape index (κ1) is 21.7. The van der Waals surface area contributed by atoms with Crippen LogP contribution in [0.2, 0.25) is 0 Å². The molecule has 0 unspecified atom stereocenters. The molecule has 2 nitrogen and oxygen atoms in total. The summed E-state index contributed by atoms with van der Waals surface area (Å²) in [5, 5.41) is 0. The van der Waals surface area contributed by atoms with Crippen LogP contribution >= 0.6 is 0 Å². The van der Waals surface area contributed by atoms with E-state index < -0.39 is 0 Å². The zero-order valence-electron chi connectivity index (χ0n) is 18.9. The minimum absolute atomic E-state index is 0.755. The Morgan fingerprint density at radius 1 is 0.375 bits per heavy atom. The Hall–Kier alpha value is -3.52. The van der Waals surface area contributed by atoms with Gasteiger partial charge in [0.15, 0.2) is 0 Å². The second-order valence-electron chi connectivity index (χ2n) is 7.90. The molecule has 4 aromatic rings. The minimum Gasteiger partial charge on any atom is -0.494 e. The molecule has 0 aliphatic carbocycles. The molecule has 0 aromatic heterocycles. The fourth-order valence-electron chi connectivity index (χ4n) is 3.64. The predicted octanol–water partition coefficient (Wildman–Crippen LogP) is 8.27. The van der Waals surface area contributed by atoms with Gasteiger partial charge in [-0.25, -0.2) is 0 Å². The second kappa shape index (κ2) is 10.7. The van der Waals surface area contributed by atoms with E-state index in [-0.39, 0.29) is 0 Å². The lowest BCUT2D eigenvalue weighted by Crippen LogP contribution is -1.94. The van der Waals surface area contributed by atoms with Gasteiger partial charge in [-0.05, 0) is 70.5 Å². The highest BCUT2D eigenvalue weighted by Crippen LogP contribution is 2.29. The van der Waals surface area contributed by atoms with Gasteiger partial charge in [0.1, 0.15) is 11.5 Å². The van der Waals surface area contributed by atoms with Crippen molar-refractivity contribution >= 4 is 0 Å². The number of hydrogen-bond acceptors (Lipinski definition) is 2.